The summed E-state index contributed by atoms with van der Waals surface area (Å²) in [5.41, 5.74) is 2.62. The van der Waals surface area contributed by atoms with E-state index in [1.807, 2.05) is 30.3 Å². The summed E-state index contributed by atoms with van der Waals surface area (Å²) in [4.78, 5) is 1.13. The predicted octanol–water partition coefficient (Wildman–Crippen LogP) is 3.36. The first kappa shape index (κ1) is 11.9. The van der Waals surface area contributed by atoms with E-state index in [2.05, 4.69) is 50.7 Å². The number of hydrogen-bond acceptors (Lipinski definition) is 0. The maximum absolute atomic E-state index is 3.39. The molecule has 2 rings (SSSR count). The van der Waals surface area contributed by atoms with Crippen molar-refractivity contribution in [3.05, 3.63) is 65.7 Å². The van der Waals surface area contributed by atoms with Gasteiger partial charge < -0.3 is 0 Å². The molecule has 0 atom stereocenters. The van der Waals surface area contributed by atoms with Crippen molar-refractivity contribution < 1.29 is 0 Å². The van der Waals surface area contributed by atoms with Crippen LogP contribution in [0.4, 0.5) is 0 Å². The third kappa shape index (κ3) is 5.28. The highest BCUT2D eigenvalue weighted by Gasteiger charge is 1.86. The van der Waals surface area contributed by atoms with E-state index < -0.39 is 0 Å². The Bertz CT molecular complexity index is 355. The molecule has 1 heteroatoms. The minimum absolute atomic E-state index is 1.13. The summed E-state index contributed by atoms with van der Waals surface area (Å²) in [5.74, 6) is 0. The van der Waals surface area contributed by atoms with E-state index in [9.17, 15) is 0 Å². The molecule has 0 amide bonds. The van der Waals surface area contributed by atoms with E-state index in [1.165, 1.54) is 11.1 Å². The van der Waals surface area contributed by atoms with Crippen molar-refractivity contribution in [2.24, 2.45) is 0 Å². The van der Waals surface area contributed by atoms with E-state index in [-0.39, 0.29) is 0 Å². The van der Waals surface area contributed by atoms with E-state index in [1.54, 1.807) is 0 Å². The molecule has 0 nitrogen and oxygen atoms in total. The lowest BCUT2D eigenvalue weighted by atomic mass is 10.2. The maximum Gasteiger partial charge on any atom is 0.150 e. The van der Waals surface area contributed by atoms with Gasteiger partial charge >= 0.3 is 0 Å². The zero-order valence-corrected chi connectivity index (χ0v) is 10.2. The lowest BCUT2D eigenvalue weighted by Gasteiger charge is -1.85. The van der Waals surface area contributed by atoms with Crippen LogP contribution in [0.3, 0.4) is 0 Å². The van der Waals surface area contributed by atoms with Gasteiger partial charge in [-0.1, -0.05) is 53.6 Å². The molecule has 0 aliphatic carbocycles. The number of rotatable bonds is 0. The second-order valence-corrected chi connectivity index (χ2v) is 4.10. The highest BCUT2D eigenvalue weighted by atomic mass is 32.1. The molecule has 0 bridgehead atoms. The van der Waals surface area contributed by atoms with Gasteiger partial charge in [-0.25, -0.2) is 0 Å². The standard InChI is InChI=1S/C7H8S.C7H8/c1-6-2-4-7(8)5-3-6;1-7-5-3-2-4-6-7/h2-5,8H,1H3;2-6H,1H3/p+1. The molecule has 0 aromatic heterocycles. The fourth-order valence-corrected chi connectivity index (χ4v) is 1.25. The Morgan fingerprint density at radius 2 is 1.13 bits per heavy atom. The third-order valence-electron chi connectivity index (χ3n) is 1.99. The molecular formula is C14H17S+. The normalized spacial score (nSPS) is 9.00. The largest absolute Gasteiger partial charge is 0.150 e. The summed E-state index contributed by atoms with van der Waals surface area (Å²) >= 11 is 3.39. The van der Waals surface area contributed by atoms with Crippen molar-refractivity contribution in [1.29, 1.82) is 0 Å². The van der Waals surface area contributed by atoms with E-state index in [0.717, 1.165) is 4.90 Å². The summed E-state index contributed by atoms with van der Waals surface area (Å²) in [6.45, 7) is 4.16. The fourth-order valence-electron chi connectivity index (χ4n) is 1.09. The van der Waals surface area contributed by atoms with Gasteiger partial charge in [0, 0.05) is 0 Å². The SMILES string of the molecule is Cc1ccc([SH2+])cc1.Cc1ccccc1. The molecule has 78 valence electrons. The van der Waals surface area contributed by atoms with Gasteiger partial charge in [0.2, 0.25) is 0 Å². The molecule has 0 aliphatic rings. The molecular weight excluding hydrogens is 200 g/mol. The topological polar surface area (TPSA) is 0 Å². The molecule has 2 aromatic carbocycles. The van der Waals surface area contributed by atoms with Crippen molar-refractivity contribution in [2.45, 2.75) is 18.7 Å². The summed E-state index contributed by atoms with van der Waals surface area (Å²) < 4.78 is 0. The average molecular weight is 217 g/mol. The van der Waals surface area contributed by atoms with Crippen LogP contribution in [0.15, 0.2) is 59.5 Å². The van der Waals surface area contributed by atoms with Gasteiger partial charge in [0.15, 0.2) is 0 Å². The Morgan fingerprint density at radius 3 is 1.47 bits per heavy atom. The number of hydrogen-bond donors (Lipinski definition) is 0. The Labute approximate surface area is 97.4 Å². The van der Waals surface area contributed by atoms with E-state index in [4.69, 9.17) is 0 Å². The van der Waals surface area contributed by atoms with E-state index in [0.29, 0.717) is 0 Å². The molecule has 0 fully saturated rings. The predicted molar refractivity (Wildman–Crippen MR) is 70.8 cm³/mol. The van der Waals surface area contributed by atoms with Crippen LogP contribution in [0.5, 0.6) is 0 Å². The lowest BCUT2D eigenvalue weighted by molar-refractivity contribution is 1.38. The second kappa shape index (κ2) is 6.31. The smallest absolute Gasteiger partial charge is 0.0622 e. The molecule has 0 saturated heterocycles. The van der Waals surface area contributed by atoms with Gasteiger partial charge in [-0.3, -0.25) is 0 Å². The maximum atomic E-state index is 3.39. The van der Waals surface area contributed by atoms with Gasteiger partial charge in [-0.2, -0.15) is 0 Å². The second-order valence-electron chi connectivity index (χ2n) is 3.52. The molecule has 0 radical (unpaired) electrons. The Morgan fingerprint density at radius 1 is 0.667 bits per heavy atom. The van der Waals surface area contributed by atoms with Gasteiger partial charge in [0.05, 0.1) is 0 Å². The van der Waals surface area contributed by atoms with Gasteiger partial charge in [0.1, 0.15) is 4.90 Å². The Hall–Kier alpha value is -1.21. The van der Waals surface area contributed by atoms with Crippen LogP contribution in [0.25, 0.3) is 0 Å². The summed E-state index contributed by atoms with van der Waals surface area (Å²) in [6, 6.07) is 18.5. The molecule has 0 saturated carbocycles. The summed E-state index contributed by atoms with van der Waals surface area (Å²) in [7, 11) is 0. The van der Waals surface area contributed by atoms with Crippen molar-refractivity contribution in [2.75, 3.05) is 0 Å². The Balaban J connectivity index is 0.000000151. The number of benzene rings is 2. The molecule has 0 heterocycles. The number of aryl methyl sites for hydroxylation is 2. The average Bonchev–Trinajstić information content (AvgIpc) is 2.25. The first-order valence-corrected chi connectivity index (χ1v) is 5.48. The van der Waals surface area contributed by atoms with Crippen molar-refractivity contribution >= 4 is 12.6 Å². The summed E-state index contributed by atoms with van der Waals surface area (Å²) in [5, 5.41) is 0. The molecule has 2 aromatic rings. The highest BCUT2D eigenvalue weighted by molar-refractivity contribution is 7.58. The van der Waals surface area contributed by atoms with Crippen LogP contribution >= 0.6 is 0 Å². The molecule has 0 spiro atoms. The van der Waals surface area contributed by atoms with E-state index >= 15 is 0 Å². The first-order chi connectivity index (χ1) is 7.18. The van der Waals surface area contributed by atoms with Crippen LogP contribution in [0.1, 0.15) is 11.1 Å². The quantitative estimate of drug-likeness (QED) is 0.594. The van der Waals surface area contributed by atoms with Crippen LogP contribution in [-0.2, 0) is 12.6 Å². The fraction of sp³-hybridized carbons (Fsp3) is 0.143. The molecule has 15 heavy (non-hydrogen) atoms. The molecule has 0 unspecified atom stereocenters. The van der Waals surface area contributed by atoms with Gasteiger partial charge in [-0.15, -0.1) is 0 Å². The zero-order valence-electron chi connectivity index (χ0n) is 9.20. The lowest BCUT2D eigenvalue weighted by Crippen LogP contribution is -1.70. The Kier molecular flexibility index (Phi) is 4.99. The van der Waals surface area contributed by atoms with Crippen molar-refractivity contribution in [3.63, 3.8) is 0 Å². The first-order valence-electron chi connectivity index (χ1n) is 4.98. The van der Waals surface area contributed by atoms with Crippen LogP contribution in [0.2, 0.25) is 0 Å². The minimum atomic E-state index is 1.13. The third-order valence-corrected chi connectivity index (χ3v) is 2.33. The van der Waals surface area contributed by atoms with Gasteiger partial charge in [-0.05, 0) is 38.6 Å². The summed E-state index contributed by atoms with van der Waals surface area (Å²) in [6.07, 6.45) is 0. The van der Waals surface area contributed by atoms with Crippen LogP contribution in [0, 0.1) is 13.8 Å². The van der Waals surface area contributed by atoms with Crippen LogP contribution < -0.4 is 0 Å². The zero-order chi connectivity index (χ0) is 11.1. The molecule has 0 N–H and O–H groups in total. The highest BCUT2D eigenvalue weighted by Crippen LogP contribution is 1.99. The molecule has 0 aliphatic heterocycles. The van der Waals surface area contributed by atoms with Crippen LogP contribution in [-0.4, -0.2) is 0 Å². The van der Waals surface area contributed by atoms with Gasteiger partial charge in [0.25, 0.3) is 0 Å². The minimum Gasteiger partial charge on any atom is -0.0622 e. The monoisotopic (exact) mass is 217 g/mol. The van der Waals surface area contributed by atoms with Crippen molar-refractivity contribution in [3.8, 4) is 0 Å². The van der Waals surface area contributed by atoms with Crippen molar-refractivity contribution in [1.82, 2.24) is 0 Å².